The van der Waals surface area contributed by atoms with Crippen molar-refractivity contribution in [2.24, 2.45) is 0 Å². The van der Waals surface area contributed by atoms with Crippen molar-refractivity contribution in [1.29, 1.82) is 0 Å². The zero-order chi connectivity index (χ0) is 13.1. The second kappa shape index (κ2) is 5.61. The lowest BCUT2D eigenvalue weighted by Gasteiger charge is -2.12. The number of carbonyl (C=O) groups is 1. The maximum Gasteiger partial charge on any atom is 0.254 e. The standard InChI is InChI=1S/C13H8Cl3NO/c14-9-5-3-6-10(15)12(9)17-11-7-2-1-4-8(11)13(16)18/h1-7,17H. The van der Waals surface area contributed by atoms with Gasteiger partial charge < -0.3 is 5.32 Å². The number of benzene rings is 2. The molecule has 0 atom stereocenters. The Morgan fingerprint density at radius 3 is 2.17 bits per heavy atom. The van der Waals surface area contributed by atoms with Gasteiger partial charge >= 0.3 is 0 Å². The lowest BCUT2D eigenvalue weighted by atomic mass is 10.2. The number of anilines is 2. The Morgan fingerprint density at radius 1 is 0.944 bits per heavy atom. The molecule has 1 N–H and O–H groups in total. The molecule has 2 rings (SSSR count). The zero-order valence-electron chi connectivity index (χ0n) is 9.08. The number of para-hydroxylation sites is 2. The lowest BCUT2D eigenvalue weighted by Crippen LogP contribution is -1.99. The van der Waals surface area contributed by atoms with Crippen LogP contribution in [0.2, 0.25) is 10.0 Å². The van der Waals surface area contributed by atoms with E-state index in [2.05, 4.69) is 5.32 Å². The highest BCUT2D eigenvalue weighted by Gasteiger charge is 2.11. The molecule has 0 amide bonds. The van der Waals surface area contributed by atoms with Crippen molar-refractivity contribution in [3.05, 3.63) is 58.1 Å². The minimum absolute atomic E-state index is 0.371. The van der Waals surface area contributed by atoms with Crippen LogP contribution in [0.15, 0.2) is 42.5 Å². The second-order valence-corrected chi connectivity index (χ2v) is 4.70. The zero-order valence-corrected chi connectivity index (χ0v) is 11.4. The van der Waals surface area contributed by atoms with Crippen LogP contribution < -0.4 is 5.32 Å². The number of rotatable bonds is 3. The fourth-order valence-electron chi connectivity index (χ4n) is 1.52. The Hall–Kier alpha value is -1.22. The molecule has 0 radical (unpaired) electrons. The van der Waals surface area contributed by atoms with Gasteiger partial charge in [0, 0.05) is 0 Å². The molecule has 2 aromatic carbocycles. The topological polar surface area (TPSA) is 29.1 Å². The molecule has 2 nitrogen and oxygen atoms in total. The molecule has 18 heavy (non-hydrogen) atoms. The van der Waals surface area contributed by atoms with Crippen LogP contribution in [0.3, 0.4) is 0 Å². The van der Waals surface area contributed by atoms with E-state index in [9.17, 15) is 4.79 Å². The highest BCUT2D eigenvalue weighted by molar-refractivity contribution is 6.68. The normalized spacial score (nSPS) is 10.2. The monoisotopic (exact) mass is 299 g/mol. The first-order valence-corrected chi connectivity index (χ1v) is 6.23. The van der Waals surface area contributed by atoms with Gasteiger partial charge in [-0.25, -0.2) is 0 Å². The molecular weight excluding hydrogens is 293 g/mol. The third-order valence-corrected chi connectivity index (χ3v) is 3.19. The van der Waals surface area contributed by atoms with E-state index in [0.29, 0.717) is 27.0 Å². The van der Waals surface area contributed by atoms with Crippen LogP contribution in [-0.4, -0.2) is 5.24 Å². The van der Waals surface area contributed by atoms with Gasteiger partial charge in [0.1, 0.15) is 0 Å². The van der Waals surface area contributed by atoms with E-state index < -0.39 is 5.24 Å². The third-order valence-electron chi connectivity index (χ3n) is 2.36. The molecule has 0 saturated heterocycles. The van der Waals surface area contributed by atoms with Gasteiger partial charge in [0.15, 0.2) is 0 Å². The lowest BCUT2D eigenvalue weighted by molar-refractivity contribution is 0.108. The average Bonchev–Trinajstić information content (AvgIpc) is 2.34. The highest BCUT2D eigenvalue weighted by atomic mass is 35.5. The molecular formula is C13H8Cl3NO. The number of carbonyl (C=O) groups excluding carboxylic acids is 1. The van der Waals surface area contributed by atoms with Crippen molar-refractivity contribution >= 4 is 51.4 Å². The summed E-state index contributed by atoms with van der Waals surface area (Å²) in [6, 6.07) is 12.0. The molecule has 0 aliphatic rings. The van der Waals surface area contributed by atoms with E-state index in [0.717, 1.165) is 0 Å². The summed E-state index contributed by atoms with van der Waals surface area (Å²) >= 11 is 17.6. The van der Waals surface area contributed by atoms with E-state index in [1.54, 1.807) is 42.5 Å². The fourth-order valence-corrected chi connectivity index (χ4v) is 2.17. The molecule has 0 bridgehead atoms. The summed E-state index contributed by atoms with van der Waals surface area (Å²) in [5.74, 6) is 0. The molecule has 0 aliphatic heterocycles. The molecule has 0 spiro atoms. The number of hydrogen-bond acceptors (Lipinski definition) is 2. The first kappa shape index (κ1) is 13.2. The van der Waals surface area contributed by atoms with Crippen molar-refractivity contribution < 1.29 is 4.79 Å². The molecule has 0 aromatic heterocycles. The molecule has 5 heteroatoms. The van der Waals surface area contributed by atoms with E-state index in [1.165, 1.54) is 0 Å². The summed E-state index contributed by atoms with van der Waals surface area (Å²) in [5, 5.41) is 3.42. The van der Waals surface area contributed by atoms with Crippen molar-refractivity contribution in [1.82, 2.24) is 0 Å². The van der Waals surface area contributed by atoms with Crippen LogP contribution in [0.4, 0.5) is 11.4 Å². The minimum atomic E-state index is -0.540. The number of hydrogen-bond donors (Lipinski definition) is 1. The van der Waals surface area contributed by atoms with Crippen LogP contribution in [-0.2, 0) is 0 Å². The first-order valence-electron chi connectivity index (χ1n) is 5.09. The predicted molar refractivity (Wildman–Crippen MR) is 76.4 cm³/mol. The fraction of sp³-hybridized carbons (Fsp3) is 0. The van der Waals surface area contributed by atoms with E-state index in [-0.39, 0.29) is 0 Å². The van der Waals surface area contributed by atoms with Crippen LogP contribution in [0.5, 0.6) is 0 Å². The molecule has 92 valence electrons. The van der Waals surface area contributed by atoms with Crippen molar-refractivity contribution in [3.63, 3.8) is 0 Å². The van der Waals surface area contributed by atoms with Gasteiger partial charge in [0.05, 0.1) is 27.0 Å². The van der Waals surface area contributed by atoms with Gasteiger partial charge in [-0.15, -0.1) is 0 Å². The van der Waals surface area contributed by atoms with Crippen LogP contribution in [0.25, 0.3) is 0 Å². The third kappa shape index (κ3) is 2.78. The first-order chi connectivity index (χ1) is 8.59. The van der Waals surface area contributed by atoms with Crippen LogP contribution >= 0.6 is 34.8 Å². The Kier molecular flexibility index (Phi) is 4.12. The van der Waals surface area contributed by atoms with Crippen LogP contribution in [0.1, 0.15) is 10.4 Å². The summed E-state index contributed by atoms with van der Waals surface area (Å²) < 4.78 is 0. The molecule has 0 fully saturated rings. The van der Waals surface area contributed by atoms with E-state index in [1.807, 2.05) is 0 Å². The predicted octanol–water partition coefficient (Wildman–Crippen LogP) is 5.12. The second-order valence-electron chi connectivity index (χ2n) is 3.54. The molecule has 2 aromatic rings. The van der Waals surface area contributed by atoms with Gasteiger partial charge in [-0.2, -0.15) is 0 Å². The summed E-state index contributed by atoms with van der Waals surface area (Å²) in [4.78, 5) is 11.3. The minimum Gasteiger partial charge on any atom is -0.352 e. The van der Waals surface area contributed by atoms with Gasteiger partial charge in [-0.05, 0) is 35.9 Å². The summed E-state index contributed by atoms with van der Waals surface area (Å²) in [6.45, 7) is 0. The number of halogens is 3. The molecule has 0 unspecified atom stereocenters. The van der Waals surface area contributed by atoms with Crippen molar-refractivity contribution in [2.45, 2.75) is 0 Å². The molecule has 0 saturated carbocycles. The van der Waals surface area contributed by atoms with Gasteiger partial charge in [-0.3, -0.25) is 4.79 Å². The SMILES string of the molecule is O=C(Cl)c1ccccc1Nc1c(Cl)cccc1Cl. The highest BCUT2D eigenvalue weighted by Crippen LogP contribution is 2.33. The molecule has 0 aliphatic carbocycles. The average molecular weight is 301 g/mol. The van der Waals surface area contributed by atoms with Gasteiger partial charge in [0.25, 0.3) is 5.24 Å². The maximum atomic E-state index is 11.3. The van der Waals surface area contributed by atoms with E-state index >= 15 is 0 Å². The summed E-state index contributed by atoms with van der Waals surface area (Å²) in [7, 11) is 0. The number of nitrogens with one attached hydrogen (secondary N) is 1. The Bertz CT molecular complexity index is 578. The summed E-state index contributed by atoms with van der Waals surface area (Å²) in [5.41, 5.74) is 1.48. The van der Waals surface area contributed by atoms with Gasteiger partial charge in [-0.1, -0.05) is 41.4 Å². The Balaban J connectivity index is 2.43. The maximum absolute atomic E-state index is 11.3. The van der Waals surface area contributed by atoms with E-state index in [4.69, 9.17) is 34.8 Å². The Morgan fingerprint density at radius 2 is 1.56 bits per heavy atom. The summed E-state index contributed by atoms with van der Waals surface area (Å²) in [6.07, 6.45) is 0. The van der Waals surface area contributed by atoms with Gasteiger partial charge in [0.2, 0.25) is 0 Å². The largest absolute Gasteiger partial charge is 0.352 e. The van der Waals surface area contributed by atoms with Crippen molar-refractivity contribution in [3.8, 4) is 0 Å². The quantitative estimate of drug-likeness (QED) is 0.797. The van der Waals surface area contributed by atoms with Crippen LogP contribution in [0, 0.1) is 0 Å². The smallest absolute Gasteiger partial charge is 0.254 e. The Labute approximate surface area is 119 Å². The van der Waals surface area contributed by atoms with Crippen molar-refractivity contribution in [2.75, 3.05) is 5.32 Å². The molecule has 0 heterocycles.